The Hall–Kier alpha value is -0.890. The summed E-state index contributed by atoms with van der Waals surface area (Å²) in [6.07, 6.45) is 1.37. The number of hydrogen-bond acceptors (Lipinski definition) is 1. The van der Waals surface area contributed by atoms with Crippen molar-refractivity contribution in [2.75, 3.05) is 0 Å². The van der Waals surface area contributed by atoms with E-state index in [4.69, 9.17) is 5.73 Å². The monoisotopic (exact) mass is 207 g/mol. The maximum atomic E-state index is 13.2. The molecule has 2 rings (SSSR count). The summed E-state index contributed by atoms with van der Waals surface area (Å²) in [6.45, 7) is 3.61. The Morgan fingerprint density at radius 3 is 2.47 bits per heavy atom. The van der Waals surface area contributed by atoms with E-state index in [1.807, 2.05) is 25.1 Å². The van der Waals surface area contributed by atoms with E-state index in [1.165, 1.54) is 5.56 Å². The Balaban J connectivity index is 2.33. The van der Waals surface area contributed by atoms with Crippen molar-refractivity contribution in [3.05, 3.63) is 35.4 Å². The molecular weight excluding hydrogens is 189 g/mol. The average Bonchev–Trinajstić information content (AvgIpc) is 2.98. The first-order valence-corrected chi connectivity index (χ1v) is 5.56. The van der Waals surface area contributed by atoms with E-state index in [0.717, 1.165) is 18.4 Å². The van der Waals surface area contributed by atoms with Gasteiger partial charge in [0.15, 0.2) is 0 Å². The molecule has 2 heteroatoms. The molecule has 2 unspecified atom stereocenters. The van der Waals surface area contributed by atoms with Gasteiger partial charge in [-0.2, -0.15) is 0 Å². The summed E-state index contributed by atoms with van der Waals surface area (Å²) in [7, 11) is 0. The van der Waals surface area contributed by atoms with Gasteiger partial charge < -0.3 is 5.73 Å². The van der Waals surface area contributed by atoms with Gasteiger partial charge in [0.05, 0.1) is 0 Å². The van der Waals surface area contributed by atoms with Gasteiger partial charge in [-0.25, -0.2) is 4.39 Å². The molecule has 0 bridgehead atoms. The molecule has 0 amide bonds. The fourth-order valence-corrected chi connectivity index (χ4v) is 2.24. The van der Waals surface area contributed by atoms with Gasteiger partial charge >= 0.3 is 0 Å². The molecule has 0 radical (unpaired) electrons. The van der Waals surface area contributed by atoms with E-state index in [-0.39, 0.29) is 11.5 Å². The highest BCUT2D eigenvalue weighted by atomic mass is 19.1. The zero-order chi connectivity index (χ0) is 11.1. The molecule has 2 atom stereocenters. The van der Waals surface area contributed by atoms with Crippen LogP contribution in [0.15, 0.2) is 24.3 Å². The lowest BCUT2D eigenvalue weighted by atomic mass is 9.88. The van der Waals surface area contributed by atoms with E-state index in [9.17, 15) is 4.39 Å². The molecule has 0 spiro atoms. The summed E-state index contributed by atoms with van der Waals surface area (Å²) in [6, 6.07) is 7.97. The number of halogens is 1. The molecule has 0 saturated heterocycles. The maximum absolute atomic E-state index is 13.2. The zero-order valence-electron chi connectivity index (χ0n) is 9.33. The summed E-state index contributed by atoms with van der Waals surface area (Å²) in [5.41, 5.74) is 8.10. The number of benzene rings is 1. The summed E-state index contributed by atoms with van der Waals surface area (Å²) in [4.78, 5) is 0. The second kappa shape index (κ2) is 3.60. The van der Waals surface area contributed by atoms with Crippen LogP contribution in [0.2, 0.25) is 0 Å². The molecule has 1 aliphatic carbocycles. The van der Waals surface area contributed by atoms with E-state index >= 15 is 0 Å². The lowest BCUT2D eigenvalue weighted by Crippen LogP contribution is -2.31. The number of alkyl halides is 1. The molecule has 1 nitrogen and oxygen atoms in total. The van der Waals surface area contributed by atoms with E-state index < -0.39 is 6.17 Å². The highest BCUT2D eigenvalue weighted by Gasteiger charge is 2.47. The third-order valence-corrected chi connectivity index (χ3v) is 3.58. The Bertz CT molecular complexity index is 353. The molecule has 15 heavy (non-hydrogen) atoms. The lowest BCUT2D eigenvalue weighted by molar-refractivity contribution is 0.373. The van der Waals surface area contributed by atoms with Gasteiger partial charge in [-0.05, 0) is 37.8 Å². The Morgan fingerprint density at radius 2 is 2.00 bits per heavy atom. The lowest BCUT2D eigenvalue weighted by Gasteiger charge is -2.21. The van der Waals surface area contributed by atoms with Crippen LogP contribution in [-0.4, -0.2) is 6.04 Å². The summed E-state index contributed by atoms with van der Waals surface area (Å²) >= 11 is 0. The second-order valence-corrected chi connectivity index (χ2v) is 4.69. The molecule has 1 fully saturated rings. The van der Waals surface area contributed by atoms with Crippen LogP contribution < -0.4 is 5.73 Å². The van der Waals surface area contributed by atoms with Gasteiger partial charge in [-0.1, -0.05) is 24.3 Å². The standard InChI is InChI=1S/C13H18FN/c1-9(14)11-4-3-5-12(8-11)13(6-7-13)10(2)15/h3-5,8-10H,6-7,15H2,1-2H3. The minimum absolute atomic E-state index is 0.130. The zero-order valence-corrected chi connectivity index (χ0v) is 9.33. The van der Waals surface area contributed by atoms with E-state index in [2.05, 4.69) is 6.07 Å². The second-order valence-electron chi connectivity index (χ2n) is 4.69. The van der Waals surface area contributed by atoms with Crippen LogP contribution in [0.5, 0.6) is 0 Å². The molecule has 82 valence electrons. The fourth-order valence-electron chi connectivity index (χ4n) is 2.24. The Morgan fingerprint density at radius 1 is 1.33 bits per heavy atom. The SMILES string of the molecule is CC(F)c1cccc(C2(C(C)N)CC2)c1. The third kappa shape index (κ3) is 1.78. The van der Waals surface area contributed by atoms with Crippen molar-refractivity contribution in [3.8, 4) is 0 Å². The first-order valence-electron chi connectivity index (χ1n) is 5.56. The summed E-state index contributed by atoms with van der Waals surface area (Å²) in [5, 5.41) is 0. The smallest absolute Gasteiger partial charge is 0.122 e. The Kier molecular flexibility index (Phi) is 2.55. The van der Waals surface area contributed by atoms with Crippen molar-refractivity contribution >= 4 is 0 Å². The highest BCUT2D eigenvalue weighted by Crippen LogP contribution is 2.50. The van der Waals surface area contributed by atoms with Crippen LogP contribution >= 0.6 is 0 Å². The topological polar surface area (TPSA) is 26.0 Å². The van der Waals surface area contributed by atoms with Crippen molar-refractivity contribution in [3.63, 3.8) is 0 Å². The molecule has 2 N–H and O–H groups in total. The van der Waals surface area contributed by atoms with Crippen LogP contribution in [0.1, 0.15) is 44.0 Å². The first kappa shape index (κ1) is 10.6. The van der Waals surface area contributed by atoms with Crippen molar-refractivity contribution in [1.82, 2.24) is 0 Å². The number of rotatable bonds is 3. The molecule has 1 aromatic carbocycles. The molecule has 0 aliphatic heterocycles. The van der Waals surface area contributed by atoms with Gasteiger partial charge in [0.25, 0.3) is 0 Å². The first-order chi connectivity index (χ1) is 7.06. The largest absolute Gasteiger partial charge is 0.327 e. The molecule has 1 aromatic rings. The minimum Gasteiger partial charge on any atom is -0.327 e. The van der Waals surface area contributed by atoms with Crippen molar-refractivity contribution in [2.45, 2.75) is 44.3 Å². The van der Waals surface area contributed by atoms with Gasteiger partial charge in [0.2, 0.25) is 0 Å². The Labute approximate surface area is 90.5 Å². The fraction of sp³-hybridized carbons (Fsp3) is 0.538. The van der Waals surface area contributed by atoms with Crippen molar-refractivity contribution in [1.29, 1.82) is 0 Å². The molecular formula is C13H18FN. The van der Waals surface area contributed by atoms with Gasteiger partial charge in [-0.15, -0.1) is 0 Å². The van der Waals surface area contributed by atoms with Gasteiger partial charge in [0, 0.05) is 11.5 Å². The van der Waals surface area contributed by atoms with Crippen LogP contribution in [0, 0.1) is 0 Å². The predicted molar refractivity (Wildman–Crippen MR) is 60.5 cm³/mol. The predicted octanol–water partition coefficient (Wildman–Crippen LogP) is 3.10. The molecule has 1 aliphatic rings. The maximum Gasteiger partial charge on any atom is 0.122 e. The normalized spacial score (nSPS) is 22.1. The third-order valence-electron chi connectivity index (χ3n) is 3.58. The van der Waals surface area contributed by atoms with Crippen LogP contribution in [0.3, 0.4) is 0 Å². The quantitative estimate of drug-likeness (QED) is 0.809. The summed E-state index contributed by atoms with van der Waals surface area (Å²) < 4.78 is 13.2. The van der Waals surface area contributed by atoms with Crippen LogP contribution in [-0.2, 0) is 5.41 Å². The molecule has 0 heterocycles. The van der Waals surface area contributed by atoms with Crippen molar-refractivity contribution < 1.29 is 4.39 Å². The van der Waals surface area contributed by atoms with E-state index in [1.54, 1.807) is 6.92 Å². The van der Waals surface area contributed by atoms with Crippen LogP contribution in [0.25, 0.3) is 0 Å². The highest BCUT2D eigenvalue weighted by molar-refractivity contribution is 5.37. The average molecular weight is 207 g/mol. The molecule has 0 aromatic heterocycles. The summed E-state index contributed by atoms with van der Waals surface area (Å²) in [5.74, 6) is 0. The minimum atomic E-state index is -0.895. The number of hydrogen-bond donors (Lipinski definition) is 1. The van der Waals surface area contributed by atoms with E-state index in [0.29, 0.717) is 0 Å². The van der Waals surface area contributed by atoms with Gasteiger partial charge in [-0.3, -0.25) is 0 Å². The van der Waals surface area contributed by atoms with Crippen molar-refractivity contribution in [2.24, 2.45) is 5.73 Å². The van der Waals surface area contributed by atoms with Gasteiger partial charge in [0.1, 0.15) is 6.17 Å². The van der Waals surface area contributed by atoms with Crippen LogP contribution in [0.4, 0.5) is 4.39 Å². The molecule has 1 saturated carbocycles. The number of nitrogens with two attached hydrogens (primary N) is 1.